The molecule has 4 saturated heterocycles. The number of hydrogen-bond acceptors (Lipinski definition) is 20. The van der Waals surface area contributed by atoms with Crippen molar-refractivity contribution >= 4 is 0 Å². The molecule has 0 amide bonds. The number of hydrogen-bond donors (Lipinski definition) is 13. The van der Waals surface area contributed by atoms with E-state index >= 15 is 0 Å². The summed E-state index contributed by atoms with van der Waals surface area (Å²) in [6.45, 7) is -3.04. The van der Waals surface area contributed by atoms with Crippen LogP contribution in [0.5, 0.6) is 0 Å². The average Bonchev–Trinajstić information content (AvgIpc) is 2.99. The maximum atomic E-state index is 11.1. The molecule has 0 spiro atoms. The van der Waals surface area contributed by atoms with Crippen molar-refractivity contribution in [2.45, 2.75) is 117 Å². The molecule has 0 radical (unpaired) electrons. The standard InChI is InChI=1S/C23H40O20/c24-1-6-10(29)12(31)19(43-21-15(34)9(28)5(27)4-37-21)23(40-6)42-18-11(30)7(2-25)39-22(16(18)35)41-17-8(3-26)38-20(36)14(33)13(17)32/h5-36H,1-4H2/t5-,6-,7-,8-,9-,10+,11+,12+,13-,14+,15+,16-,17-,18+,19-,20+,21-,22+,23+/m1/s1. The second-order valence-corrected chi connectivity index (χ2v) is 10.7. The zero-order valence-corrected chi connectivity index (χ0v) is 22.5. The van der Waals surface area contributed by atoms with Gasteiger partial charge >= 0.3 is 0 Å². The highest BCUT2D eigenvalue weighted by atomic mass is 16.8. The van der Waals surface area contributed by atoms with Crippen LogP contribution in [0.25, 0.3) is 0 Å². The minimum atomic E-state index is -2.01. The topological polar surface area (TPSA) is 328 Å². The second kappa shape index (κ2) is 14.7. The molecule has 0 saturated carbocycles. The van der Waals surface area contributed by atoms with Crippen LogP contribution in [0.2, 0.25) is 0 Å². The Hall–Kier alpha value is -0.800. The minimum absolute atomic E-state index is 0.494. The quantitative estimate of drug-likeness (QED) is 0.112. The van der Waals surface area contributed by atoms with Crippen LogP contribution in [0, 0.1) is 0 Å². The number of aliphatic hydroxyl groups is 13. The molecular weight excluding hydrogens is 596 g/mol. The molecule has 4 rings (SSSR count). The summed E-state index contributed by atoms with van der Waals surface area (Å²) in [6, 6.07) is 0. The molecule has 4 fully saturated rings. The molecule has 0 aromatic rings. The minimum Gasteiger partial charge on any atom is -0.394 e. The smallest absolute Gasteiger partial charge is 0.187 e. The van der Waals surface area contributed by atoms with Gasteiger partial charge in [0.1, 0.15) is 91.6 Å². The molecule has 0 aliphatic carbocycles. The fourth-order valence-electron chi connectivity index (χ4n) is 5.24. The average molecular weight is 637 g/mol. The van der Waals surface area contributed by atoms with Crippen LogP contribution in [0.3, 0.4) is 0 Å². The summed E-state index contributed by atoms with van der Waals surface area (Å²) in [4.78, 5) is 0. The highest BCUT2D eigenvalue weighted by molar-refractivity contribution is 4.97. The lowest BCUT2D eigenvalue weighted by Gasteiger charge is -2.49. The Kier molecular flexibility index (Phi) is 12.0. The predicted octanol–water partition coefficient (Wildman–Crippen LogP) is -9.11. The Bertz CT molecular complexity index is 869. The summed E-state index contributed by atoms with van der Waals surface area (Å²) >= 11 is 0. The number of rotatable bonds is 9. The molecule has 0 aromatic carbocycles. The fourth-order valence-corrected chi connectivity index (χ4v) is 5.24. The van der Waals surface area contributed by atoms with E-state index in [0.717, 1.165) is 0 Å². The van der Waals surface area contributed by atoms with Crippen LogP contribution < -0.4 is 0 Å². The summed E-state index contributed by atoms with van der Waals surface area (Å²) < 4.78 is 37.9. The molecule has 0 aromatic heterocycles. The third-order valence-electron chi connectivity index (χ3n) is 7.81. The van der Waals surface area contributed by atoms with E-state index in [1.165, 1.54) is 0 Å². The van der Waals surface area contributed by atoms with Crippen molar-refractivity contribution < 1.29 is 99.5 Å². The lowest BCUT2D eigenvalue weighted by molar-refractivity contribution is -0.392. The largest absolute Gasteiger partial charge is 0.394 e. The lowest BCUT2D eigenvalue weighted by atomic mass is 9.96. The fraction of sp³-hybridized carbons (Fsp3) is 1.00. The van der Waals surface area contributed by atoms with Gasteiger partial charge in [0.25, 0.3) is 0 Å². The van der Waals surface area contributed by atoms with Gasteiger partial charge in [-0.15, -0.1) is 0 Å². The zero-order valence-electron chi connectivity index (χ0n) is 22.5. The molecule has 20 nitrogen and oxygen atoms in total. The highest BCUT2D eigenvalue weighted by Gasteiger charge is 2.55. The van der Waals surface area contributed by atoms with E-state index in [2.05, 4.69) is 0 Å². The van der Waals surface area contributed by atoms with E-state index in [9.17, 15) is 66.4 Å². The number of aliphatic hydroxyl groups excluding tert-OH is 13. The van der Waals surface area contributed by atoms with Gasteiger partial charge in [-0.25, -0.2) is 0 Å². The molecule has 43 heavy (non-hydrogen) atoms. The maximum absolute atomic E-state index is 11.1. The summed E-state index contributed by atoms with van der Waals surface area (Å²) in [7, 11) is 0. The molecular formula is C23H40O20. The van der Waals surface area contributed by atoms with Gasteiger partial charge in [0, 0.05) is 0 Å². The summed E-state index contributed by atoms with van der Waals surface area (Å²) in [5.74, 6) is 0. The third-order valence-corrected chi connectivity index (χ3v) is 7.81. The van der Waals surface area contributed by atoms with Gasteiger partial charge in [-0.1, -0.05) is 0 Å². The van der Waals surface area contributed by atoms with Crippen LogP contribution in [-0.4, -0.2) is 210 Å². The van der Waals surface area contributed by atoms with Crippen molar-refractivity contribution in [2.24, 2.45) is 0 Å². The first-order valence-corrected chi connectivity index (χ1v) is 13.5. The Morgan fingerprint density at radius 2 is 0.977 bits per heavy atom. The van der Waals surface area contributed by atoms with Crippen LogP contribution in [0.1, 0.15) is 0 Å². The van der Waals surface area contributed by atoms with E-state index < -0.39 is 143 Å². The van der Waals surface area contributed by atoms with Gasteiger partial charge in [0.2, 0.25) is 0 Å². The van der Waals surface area contributed by atoms with Crippen LogP contribution in [-0.2, 0) is 33.2 Å². The van der Waals surface area contributed by atoms with E-state index in [1.54, 1.807) is 0 Å². The summed E-state index contributed by atoms with van der Waals surface area (Å²) in [5.41, 5.74) is 0. The normalized spacial score (nSPS) is 53.1. The van der Waals surface area contributed by atoms with Crippen molar-refractivity contribution in [2.75, 3.05) is 26.4 Å². The van der Waals surface area contributed by atoms with Gasteiger partial charge in [-0.05, 0) is 0 Å². The van der Waals surface area contributed by atoms with Crippen LogP contribution >= 0.6 is 0 Å². The molecule has 4 heterocycles. The lowest BCUT2D eigenvalue weighted by Crippen LogP contribution is -2.67. The zero-order chi connectivity index (χ0) is 31.7. The van der Waals surface area contributed by atoms with Crippen molar-refractivity contribution in [3.8, 4) is 0 Å². The summed E-state index contributed by atoms with van der Waals surface area (Å²) in [6.07, 6.45) is -33.4. The van der Waals surface area contributed by atoms with E-state index in [0.29, 0.717) is 0 Å². The summed E-state index contributed by atoms with van der Waals surface area (Å²) in [5, 5.41) is 132. The Morgan fingerprint density at radius 3 is 1.60 bits per heavy atom. The van der Waals surface area contributed by atoms with E-state index in [4.69, 9.17) is 33.2 Å². The van der Waals surface area contributed by atoms with Crippen molar-refractivity contribution in [1.29, 1.82) is 0 Å². The molecule has 0 unspecified atom stereocenters. The van der Waals surface area contributed by atoms with Gasteiger partial charge in [0.15, 0.2) is 25.2 Å². The van der Waals surface area contributed by atoms with E-state index in [1.807, 2.05) is 0 Å². The Morgan fingerprint density at radius 1 is 0.442 bits per heavy atom. The molecule has 0 bridgehead atoms. The monoisotopic (exact) mass is 636 g/mol. The van der Waals surface area contributed by atoms with Crippen LogP contribution in [0.4, 0.5) is 0 Å². The molecule has 4 aliphatic rings. The Balaban J connectivity index is 1.56. The molecule has 13 N–H and O–H groups in total. The SMILES string of the molecule is OC[C@H]1O[C@@H](O[C@H]2[C@@H](O)[C@@H](CO)O[C@@H](O[C@H]3[C@H](O)[C@H](O)[C@@H](O)O[C@@H]3CO)[C@@H]2O)[C@H](O[C@H]2OC[C@@H](O)[C@@H](O)[C@@H]2O)[C@@H](O)[C@H]1O. The van der Waals surface area contributed by atoms with Crippen molar-refractivity contribution in [1.82, 2.24) is 0 Å². The molecule has 4 aliphatic heterocycles. The number of ether oxygens (including phenoxy) is 7. The van der Waals surface area contributed by atoms with Gasteiger partial charge in [-0.2, -0.15) is 0 Å². The molecule has 19 atom stereocenters. The molecule has 252 valence electrons. The van der Waals surface area contributed by atoms with E-state index in [-0.39, 0.29) is 0 Å². The van der Waals surface area contributed by atoms with Gasteiger partial charge in [0.05, 0.1) is 26.4 Å². The predicted molar refractivity (Wildman–Crippen MR) is 128 cm³/mol. The van der Waals surface area contributed by atoms with Crippen molar-refractivity contribution in [3.63, 3.8) is 0 Å². The molecule has 20 heteroatoms. The second-order valence-electron chi connectivity index (χ2n) is 10.7. The first-order valence-electron chi connectivity index (χ1n) is 13.5. The van der Waals surface area contributed by atoms with Gasteiger partial charge in [-0.3, -0.25) is 0 Å². The highest BCUT2D eigenvalue weighted by Crippen LogP contribution is 2.34. The first-order chi connectivity index (χ1) is 20.3. The Labute approximate surface area is 243 Å². The third kappa shape index (κ3) is 7.13. The van der Waals surface area contributed by atoms with Crippen molar-refractivity contribution in [3.05, 3.63) is 0 Å². The van der Waals surface area contributed by atoms with Crippen LogP contribution in [0.15, 0.2) is 0 Å². The maximum Gasteiger partial charge on any atom is 0.187 e. The van der Waals surface area contributed by atoms with Gasteiger partial charge < -0.3 is 99.5 Å². The first kappa shape index (κ1) is 35.1.